The van der Waals surface area contributed by atoms with E-state index in [9.17, 15) is 9.18 Å². The van der Waals surface area contributed by atoms with Crippen LogP contribution in [-0.2, 0) is 4.79 Å². The Kier molecular flexibility index (Phi) is 5.47. The van der Waals surface area contributed by atoms with Crippen LogP contribution in [-0.4, -0.2) is 22.9 Å². The minimum absolute atomic E-state index is 0.172. The Balaban J connectivity index is 1.38. The lowest BCUT2D eigenvalue weighted by Gasteiger charge is -2.15. The standard InChI is InChI=1S/C23H16FN3O4S/c24-16-7-9-17(10-8-16)25-21(28)20(14-4-2-1-3-5-14)32-23-27-26-22(31-23)15-6-11-18-19(12-15)30-13-29-18/h1-12,20H,13H2,(H,25,28)/t20-/m0/s1. The van der Waals surface area contributed by atoms with E-state index in [4.69, 9.17) is 13.9 Å². The lowest BCUT2D eigenvalue weighted by Crippen LogP contribution is -2.19. The van der Waals surface area contributed by atoms with Gasteiger partial charge in [-0.25, -0.2) is 4.39 Å². The first-order valence-electron chi connectivity index (χ1n) is 9.67. The number of rotatable bonds is 6. The largest absolute Gasteiger partial charge is 0.454 e. The third-order valence-electron chi connectivity index (χ3n) is 4.70. The fourth-order valence-corrected chi connectivity index (χ4v) is 4.02. The molecule has 0 saturated carbocycles. The van der Waals surface area contributed by atoms with Crippen molar-refractivity contribution < 1.29 is 23.1 Å². The Bertz CT molecular complexity index is 1250. The van der Waals surface area contributed by atoms with E-state index in [-0.39, 0.29) is 23.7 Å². The van der Waals surface area contributed by atoms with Crippen molar-refractivity contribution in [2.75, 3.05) is 12.1 Å². The highest BCUT2D eigenvalue weighted by atomic mass is 32.2. The summed E-state index contributed by atoms with van der Waals surface area (Å²) in [6.07, 6.45) is 0. The Hall–Kier alpha value is -3.85. The zero-order valence-corrected chi connectivity index (χ0v) is 17.3. The second kappa shape index (κ2) is 8.72. The number of carbonyl (C=O) groups excluding carboxylic acids is 1. The predicted molar refractivity (Wildman–Crippen MR) is 116 cm³/mol. The van der Waals surface area contributed by atoms with Crippen LogP contribution in [0.1, 0.15) is 10.8 Å². The fourth-order valence-electron chi connectivity index (χ4n) is 3.15. The number of thioether (sulfide) groups is 1. The number of amides is 1. The first-order valence-corrected chi connectivity index (χ1v) is 10.6. The molecule has 1 atom stereocenters. The average molecular weight is 449 g/mol. The number of halogens is 1. The zero-order chi connectivity index (χ0) is 21.9. The highest BCUT2D eigenvalue weighted by molar-refractivity contribution is 8.00. The van der Waals surface area contributed by atoms with Crippen molar-refractivity contribution in [2.24, 2.45) is 0 Å². The number of ether oxygens (including phenoxy) is 2. The van der Waals surface area contributed by atoms with Gasteiger partial charge in [0.1, 0.15) is 11.1 Å². The molecule has 0 bridgehead atoms. The van der Waals surface area contributed by atoms with Crippen LogP contribution in [0.15, 0.2) is 82.4 Å². The van der Waals surface area contributed by atoms with Gasteiger partial charge in [-0.05, 0) is 59.8 Å². The van der Waals surface area contributed by atoms with Crippen LogP contribution >= 0.6 is 11.8 Å². The summed E-state index contributed by atoms with van der Waals surface area (Å²) in [5.41, 5.74) is 1.94. The van der Waals surface area contributed by atoms with Crippen LogP contribution in [0, 0.1) is 5.82 Å². The van der Waals surface area contributed by atoms with Gasteiger partial charge in [-0.2, -0.15) is 0 Å². The van der Waals surface area contributed by atoms with Crippen molar-refractivity contribution in [3.8, 4) is 23.0 Å². The number of nitrogens with zero attached hydrogens (tertiary/aromatic N) is 2. The minimum Gasteiger partial charge on any atom is -0.454 e. The number of benzene rings is 3. The van der Waals surface area contributed by atoms with E-state index in [1.165, 1.54) is 24.3 Å². The molecule has 5 rings (SSSR count). The molecule has 3 aromatic carbocycles. The summed E-state index contributed by atoms with van der Waals surface area (Å²) in [6, 6.07) is 20.2. The first-order chi connectivity index (χ1) is 15.7. The molecule has 9 heteroatoms. The van der Waals surface area contributed by atoms with Crippen LogP contribution in [0.3, 0.4) is 0 Å². The molecule has 0 saturated heterocycles. The van der Waals surface area contributed by atoms with Gasteiger partial charge in [-0.1, -0.05) is 30.3 Å². The van der Waals surface area contributed by atoms with Gasteiger partial charge >= 0.3 is 0 Å². The number of hydrogen-bond acceptors (Lipinski definition) is 7. The summed E-state index contributed by atoms with van der Waals surface area (Å²) >= 11 is 1.13. The summed E-state index contributed by atoms with van der Waals surface area (Å²) in [7, 11) is 0. The number of fused-ring (bicyclic) bond motifs is 1. The van der Waals surface area contributed by atoms with Crippen molar-refractivity contribution in [3.63, 3.8) is 0 Å². The molecule has 0 unspecified atom stereocenters. The third kappa shape index (κ3) is 4.28. The highest BCUT2D eigenvalue weighted by Crippen LogP contribution is 2.39. The van der Waals surface area contributed by atoms with E-state index in [0.29, 0.717) is 28.6 Å². The van der Waals surface area contributed by atoms with Crippen LogP contribution in [0.5, 0.6) is 11.5 Å². The number of hydrogen-bond donors (Lipinski definition) is 1. The average Bonchev–Trinajstić information content (AvgIpc) is 3.48. The zero-order valence-electron chi connectivity index (χ0n) is 16.5. The molecule has 32 heavy (non-hydrogen) atoms. The SMILES string of the molecule is O=C(Nc1ccc(F)cc1)[C@@H](Sc1nnc(-c2ccc3c(c2)OCO3)o1)c1ccccc1. The van der Waals surface area contributed by atoms with Gasteiger partial charge < -0.3 is 19.2 Å². The summed E-state index contributed by atoms with van der Waals surface area (Å²) in [5.74, 6) is 0.895. The Morgan fingerprint density at radius 1 is 0.969 bits per heavy atom. The van der Waals surface area contributed by atoms with Gasteiger partial charge in [0.2, 0.25) is 18.6 Å². The lowest BCUT2D eigenvalue weighted by molar-refractivity contribution is -0.115. The van der Waals surface area contributed by atoms with Crippen molar-refractivity contribution in [1.82, 2.24) is 10.2 Å². The number of carbonyl (C=O) groups is 1. The van der Waals surface area contributed by atoms with E-state index in [1.807, 2.05) is 30.3 Å². The summed E-state index contributed by atoms with van der Waals surface area (Å²) < 4.78 is 29.7. The molecular weight excluding hydrogens is 433 g/mol. The van der Waals surface area contributed by atoms with Crippen molar-refractivity contribution >= 4 is 23.4 Å². The van der Waals surface area contributed by atoms with Crippen LogP contribution in [0.4, 0.5) is 10.1 Å². The Morgan fingerprint density at radius 3 is 2.56 bits per heavy atom. The van der Waals surface area contributed by atoms with Crippen LogP contribution in [0.25, 0.3) is 11.5 Å². The van der Waals surface area contributed by atoms with Gasteiger partial charge in [0, 0.05) is 11.3 Å². The molecular formula is C23H16FN3O4S. The molecule has 2 heterocycles. The molecule has 4 aromatic rings. The fraction of sp³-hybridized carbons (Fsp3) is 0.0870. The summed E-state index contributed by atoms with van der Waals surface area (Å²) in [5, 5.41) is 10.6. The molecule has 0 fully saturated rings. The quantitative estimate of drug-likeness (QED) is 0.411. The molecule has 1 aliphatic rings. The third-order valence-corrected chi connectivity index (χ3v) is 5.79. The van der Waals surface area contributed by atoms with Gasteiger partial charge in [0.15, 0.2) is 11.5 Å². The van der Waals surface area contributed by atoms with Gasteiger partial charge in [0.05, 0.1) is 0 Å². The molecule has 0 spiro atoms. The number of nitrogens with one attached hydrogen (secondary N) is 1. The maximum Gasteiger partial charge on any atom is 0.277 e. The second-order valence-electron chi connectivity index (χ2n) is 6.85. The second-order valence-corrected chi connectivity index (χ2v) is 7.90. The van der Waals surface area contributed by atoms with E-state index in [0.717, 1.165) is 17.3 Å². The van der Waals surface area contributed by atoms with E-state index < -0.39 is 5.25 Å². The summed E-state index contributed by atoms with van der Waals surface area (Å²) in [4.78, 5) is 13.1. The maximum absolute atomic E-state index is 13.2. The molecule has 1 aromatic heterocycles. The molecule has 160 valence electrons. The normalized spacial score (nSPS) is 13.0. The van der Waals surface area contributed by atoms with Crippen molar-refractivity contribution in [1.29, 1.82) is 0 Å². The van der Waals surface area contributed by atoms with Crippen molar-refractivity contribution in [2.45, 2.75) is 10.5 Å². The Morgan fingerprint density at radius 2 is 1.75 bits per heavy atom. The topological polar surface area (TPSA) is 86.5 Å². The molecule has 7 nitrogen and oxygen atoms in total. The molecule has 1 amide bonds. The molecule has 1 N–H and O–H groups in total. The van der Waals surface area contributed by atoms with Crippen molar-refractivity contribution in [3.05, 3.63) is 84.2 Å². The van der Waals surface area contributed by atoms with Gasteiger partial charge in [-0.15, -0.1) is 10.2 Å². The maximum atomic E-state index is 13.2. The van der Waals surface area contributed by atoms with Crippen LogP contribution in [0.2, 0.25) is 0 Å². The Labute approximate surface area is 186 Å². The van der Waals surface area contributed by atoms with E-state index >= 15 is 0 Å². The smallest absolute Gasteiger partial charge is 0.277 e. The van der Waals surface area contributed by atoms with Gasteiger partial charge in [-0.3, -0.25) is 4.79 Å². The number of anilines is 1. The van der Waals surface area contributed by atoms with E-state index in [2.05, 4.69) is 15.5 Å². The molecule has 0 radical (unpaired) electrons. The first kappa shape index (κ1) is 20.1. The number of aromatic nitrogens is 2. The van der Waals surface area contributed by atoms with Gasteiger partial charge in [0.25, 0.3) is 5.22 Å². The lowest BCUT2D eigenvalue weighted by atomic mass is 10.1. The predicted octanol–water partition coefficient (Wildman–Crippen LogP) is 5.08. The summed E-state index contributed by atoms with van der Waals surface area (Å²) in [6.45, 7) is 0.172. The minimum atomic E-state index is -0.661. The van der Waals surface area contributed by atoms with E-state index in [1.54, 1.807) is 18.2 Å². The molecule has 0 aliphatic carbocycles. The molecule has 1 aliphatic heterocycles. The highest BCUT2D eigenvalue weighted by Gasteiger charge is 2.25. The van der Waals surface area contributed by atoms with Crippen LogP contribution < -0.4 is 14.8 Å². The monoisotopic (exact) mass is 449 g/mol.